The number of ketones is 1. The quantitative estimate of drug-likeness (QED) is 0.0359. The molecule has 1 saturated heterocycles. The molecule has 49 heavy (non-hydrogen) atoms. The van der Waals surface area contributed by atoms with Crippen LogP contribution < -0.4 is 19.1 Å². The first kappa shape index (κ1) is 35.1. The number of rotatable bonds is 13. The Morgan fingerprint density at radius 1 is 1.04 bits per heavy atom. The molecule has 3 heterocycles. The second kappa shape index (κ2) is 15.4. The number of aromatic nitrogens is 2. The van der Waals surface area contributed by atoms with Crippen molar-refractivity contribution in [2.24, 2.45) is 0 Å². The number of benzene rings is 3. The van der Waals surface area contributed by atoms with Gasteiger partial charge in [0.15, 0.2) is 15.8 Å². The number of fused-ring (bicyclic) bond motifs is 1. The SMILES string of the molecule is CCCCCOc1ccc([C@H]2C(=C(O)c3ccc4c(c3)C[C@H](C)O4)C(=O)C(=O)N2c2nnc(SCc3ccc(Cl)cc3Cl)s2)cc1OCC. The first-order chi connectivity index (χ1) is 23.7. The number of Topliss-reactive ketones (excluding diaryl/α,β-unsaturated/α-hetero) is 1. The van der Waals surface area contributed by atoms with Gasteiger partial charge in [0, 0.05) is 27.8 Å². The van der Waals surface area contributed by atoms with Gasteiger partial charge >= 0.3 is 5.91 Å². The van der Waals surface area contributed by atoms with Gasteiger partial charge in [0.2, 0.25) is 5.13 Å². The van der Waals surface area contributed by atoms with Crippen molar-refractivity contribution >= 4 is 68.9 Å². The lowest BCUT2D eigenvalue weighted by atomic mass is 9.94. The monoisotopic (exact) mass is 739 g/mol. The first-order valence-electron chi connectivity index (χ1n) is 16.1. The molecule has 4 aromatic rings. The van der Waals surface area contributed by atoms with Crippen LogP contribution in [-0.4, -0.2) is 46.3 Å². The summed E-state index contributed by atoms with van der Waals surface area (Å²) in [6, 6.07) is 14.9. The summed E-state index contributed by atoms with van der Waals surface area (Å²) in [5.41, 5.74) is 2.67. The van der Waals surface area contributed by atoms with Crippen LogP contribution in [0.15, 0.2) is 64.5 Å². The molecule has 0 bridgehead atoms. The molecule has 0 saturated carbocycles. The number of amides is 1. The van der Waals surface area contributed by atoms with Crippen LogP contribution >= 0.6 is 46.3 Å². The zero-order valence-corrected chi connectivity index (χ0v) is 30.3. The van der Waals surface area contributed by atoms with Gasteiger partial charge in [-0.3, -0.25) is 14.5 Å². The molecule has 1 aromatic heterocycles. The second-order valence-corrected chi connectivity index (χ2v) is 14.7. The Morgan fingerprint density at radius 2 is 1.88 bits per heavy atom. The highest BCUT2D eigenvalue weighted by Gasteiger charge is 2.48. The van der Waals surface area contributed by atoms with Crippen LogP contribution in [0.25, 0.3) is 5.76 Å². The van der Waals surface area contributed by atoms with E-state index in [1.54, 1.807) is 48.5 Å². The zero-order valence-electron chi connectivity index (χ0n) is 27.2. The summed E-state index contributed by atoms with van der Waals surface area (Å²) in [7, 11) is 0. The minimum absolute atomic E-state index is 0.00199. The first-order valence-corrected chi connectivity index (χ1v) is 18.6. The maximum Gasteiger partial charge on any atom is 0.301 e. The highest BCUT2D eigenvalue weighted by atomic mass is 35.5. The van der Waals surface area contributed by atoms with Gasteiger partial charge in [-0.25, -0.2) is 0 Å². The smallest absolute Gasteiger partial charge is 0.301 e. The van der Waals surface area contributed by atoms with E-state index in [0.717, 1.165) is 36.1 Å². The molecule has 256 valence electrons. The Bertz CT molecular complexity index is 1920. The van der Waals surface area contributed by atoms with Crippen molar-refractivity contribution in [2.75, 3.05) is 18.1 Å². The molecule has 1 amide bonds. The number of aliphatic hydroxyl groups excluding tert-OH is 1. The predicted octanol–water partition coefficient (Wildman–Crippen LogP) is 9.05. The van der Waals surface area contributed by atoms with Crippen molar-refractivity contribution in [1.82, 2.24) is 10.2 Å². The van der Waals surface area contributed by atoms with E-state index >= 15 is 0 Å². The molecule has 2 aliphatic rings. The number of unbranched alkanes of at least 4 members (excludes halogenated alkanes) is 2. The molecule has 0 unspecified atom stereocenters. The van der Waals surface area contributed by atoms with Crippen LogP contribution in [0.3, 0.4) is 0 Å². The molecule has 2 aliphatic heterocycles. The summed E-state index contributed by atoms with van der Waals surface area (Å²) in [5, 5.41) is 21.7. The summed E-state index contributed by atoms with van der Waals surface area (Å²) < 4.78 is 18.4. The number of anilines is 1. The highest BCUT2D eigenvalue weighted by molar-refractivity contribution is 8.00. The van der Waals surface area contributed by atoms with Crippen LogP contribution in [0, 0.1) is 0 Å². The largest absolute Gasteiger partial charge is 0.507 e. The Balaban J connectivity index is 1.40. The van der Waals surface area contributed by atoms with E-state index in [2.05, 4.69) is 17.1 Å². The normalized spacial score (nSPS) is 18.1. The molecule has 9 nitrogen and oxygen atoms in total. The summed E-state index contributed by atoms with van der Waals surface area (Å²) >= 11 is 15.0. The van der Waals surface area contributed by atoms with Gasteiger partial charge in [0.1, 0.15) is 17.6 Å². The third-order valence-corrected chi connectivity index (χ3v) is 10.9. The lowest BCUT2D eigenvalue weighted by molar-refractivity contribution is -0.132. The molecule has 6 rings (SSSR count). The lowest BCUT2D eigenvalue weighted by Gasteiger charge is -2.23. The molecule has 0 radical (unpaired) electrons. The summed E-state index contributed by atoms with van der Waals surface area (Å²) in [6.07, 6.45) is 3.67. The van der Waals surface area contributed by atoms with E-state index in [0.29, 0.717) is 62.4 Å². The number of nitrogens with zero attached hydrogens (tertiary/aromatic N) is 3. The van der Waals surface area contributed by atoms with Gasteiger partial charge in [-0.1, -0.05) is 78.2 Å². The van der Waals surface area contributed by atoms with Crippen LogP contribution in [0.4, 0.5) is 5.13 Å². The fourth-order valence-electron chi connectivity index (χ4n) is 5.82. The molecule has 1 fully saturated rings. The fourth-order valence-corrected chi connectivity index (χ4v) is 8.25. The van der Waals surface area contributed by atoms with E-state index in [1.165, 1.54) is 28.0 Å². The molecule has 1 N–H and O–H groups in total. The standard InChI is InChI=1S/C36H35Cl2N3O6S2/c1-4-6-7-14-46-28-13-9-21(17-29(28)45-5-2)31-30(32(42)22-10-12-27-24(16-22)15-20(3)47-27)33(43)34(44)41(31)35-39-40-36(49-35)48-19-23-8-11-25(37)18-26(23)38/h8-13,16-18,20,31,42H,4-7,14-15,19H2,1-3H3/t20-,31-/m0/s1. The van der Waals surface area contributed by atoms with E-state index in [9.17, 15) is 14.7 Å². The van der Waals surface area contributed by atoms with Crippen molar-refractivity contribution < 1.29 is 28.9 Å². The van der Waals surface area contributed by atoms with E-state index in [-0.39, 0.29) is 22.6 Å². The number of hydrogen-bond acceptors (Lipinski definition) is 10. The number of ether oxygens (including phenoxy) is 3. The number of thioether (sulfide) groups is 1. The number of carbonyl (C=O) groups excluding carboxylic acids is 2. The maximum absolute atomic E-state index is 13.9. The average Bonchev–Trinajstić information content (AvgIpc) is 3.77. The van der Waals surface area contributed by atoms with E-state index < -0.39 is 17.7 Å². The van der Waals surface area contributed by atoms with Crippen LogP contribution in [0.2, 0.25) is 10.0 Å². The summed E-state index contributed by atoms with van der Waals surface area (Å²) in [6.45, 7) is 6.87. The predicted molar refractivity (Wildman–Crippen MR) is 194 cm³/mol. The van der Waals surface area contributed by atoms with Crippen LogP contribution in [0.5, 0.6) is 17.2 Å². The topological polar surface area (TPSA) is 111 Å². The minimum Gasteiger partial charge on any atom is -0.507 e. The third-order valence-electron chi connectivity index (χ3n) is 8.17. The van der Waals surface area contributed by atoms with Crippen molar-refractivity contribution in [3.05, 3.63) is 92.5 Å². The Kier molecular flexibility index (Phi) is 11.0. The van der Waals surface area contributed by atoms with E-state index in [4.69, 9.17) is 37.4 Å². The van der Waals surface area contributed by atoms with Crippen molar-refractivity contribution in [3.8, 4) is 17.2 Å². The van der Waals surface area contributed by atoms with Crippen molar-refractivity contribution in [3.63, 3.8) is 0 Å². The Hall–Kier alpha value is -3.77. The lowest BCUT2D eigenvalue weighted by Crippen LogP contribution is -2.29. The molecular formula is C36H35Cl2N3O6S2. The van der Waals surface area contributed by atoms with E-state index in [1.807, 2.05) is 19.9 Å². The fraction of sp³-hybridized carbons (Fsp3) is 0.333. The van der Waals surface area contributed by atoms with Gasteiger partial charge in [-0.15, -0.1) is 10.2 Å². The van der Waals surface area contributed by atoms with Gasteiger partial charge in [-0.05, 0) is 79.4 Å². The van der Waals surface area contributed by atoms with Crippen molar-refractivity contribution in [1.29, 1.82) is 0 Å². The highest BCUT2D eigenvalue weighted by Crippen LogP contribution is 2.46. The minimum atomic E-state index is -1.02. The molecule has 3 aromatic carbocycles. The van der Waals surface area contributed by atoms with Gasteiger partial charge in [-0.2, -0.15) is 0 Å². The number of aliphatic hydroxyl groups is 1. The van der Waals surface area contributed by atoms with Crippen LogP contribution in [0.1, 0.15) is 68.3 Å². The van der Waals surface area contributed by atoms with Crippen LogP contribution in [-0.2, 0) is 21.8 Å². The molecule has 0 spiro atoms. The second-order valence-electron chi connectivity index (χ2n) is 11.7. The summed E-state index contributed by atoms with van der Waals surface area (Å²) in [4.78, 5) is 29.0. The number of halogens is 2. The van der Waals surface area contributed by atoms with Crippen molar-refractivity contribution in [2.45, 2.75) is 68.7 Å². The zero-order chi connectivity index (χ0) is 34.7. The third kappa shape index (κ3) is 7.55. The maximum atomic E-state index is 13.9. The number of carbonyl (C=O) groups is 2. The van der Waals surface area contributed by atoms with Gasteiger partial charge in [0.05, 0.1) is 24.8 Å². The number of hydrogen-bond donors (Lipinski definition) is 1. The van der Waals surface area contributed by atoms with Gasteiger partial charge in [0.25, 0.3) is 5.78 Å². The Morgan fingerprint density at radius 3 is 2.65 bits per heavy atom. The molecule has 2 atom stereocenters. The molecule has 0 aliphatic carbocycles. The molecular weight excluding hydrogens is 705 g/mol. The molecule has 13 heteroatoms. The average molecular weight is 741 g/mol. The van der Waals surface area contributed by atoms with Gasteiger partial charge < -0.3 is 19.3 Å². The summed E-state index contributed by atoms with van der Waals surface area (Å²) in [5.74, 6) is 0.309. The Labute approximate surface area is 303 Å².